The third kappa shape index (κ3) is 2.64. The van der Waals surface area contributed by atoms with Crippen LogP contribution in [0.2, 0.25) is 5.15 Å². The molecule has 1 heterocycles. The fourth-order valence-corrected chi connectivity index (χ4v) is 1.36. The molecule has 2 rings (SSSR count). The SMILES string of the molecule is O=c1cc(Cl)[nH]nc1Oc1cccc([N+](=O)[O-])c1. The van der Waals surface area contributed by atoms with E-state index in [0.29, 0.717) is 0 Å². The molecule has 0 saturated heterocycles. The zero-order chi connectivity index (χ0) is 13.1. The van der Waals surface area contributed by atoms with Crippen LogP contribution in [0, 0.1) is 10.1 Å². The van der Waals surface area contributed by atoms with Gasteiger partial charge in [0.05, 0.1) is 11.0 Å². The number of nitrogens with one attached hydrogen (secondary N) is 1. The van der Waals surface area contributed by atoms with E-state index >= 15 is 0 Å². The normalized spacial score (nSPS) is 10.1. The molecule has 1 aromatic carbocycles. The van der Waals surface area contributed by atoms with Crippen LogP contribution in [0.3, 0.4) is 0 Å². The molecule has 0 unspecified atom stereocenters. The fraction of sp³-hybridized carbons (Fsp3) is 0. The van der Waals surface area contributed by atoms with E-state index in [1.54, 1.807) is 0 Å². The zero-order valence-corrected chi connectivity index (χ0v) is 9.55. The molecule has 0 fully saturated rings. The standard InChI is InChI=1S/C10H6ClN3O4/c11-9-5-8(15)10(13-12-9)18-7-3-1-2-6(4-7)14(16)17/h1-5H,(H,12,15). The van der Waals surface area contributed by atoms with Crippen molar-refractivity contribution in [3.8, 4) is 11.6 Å². The van der Waals surface area contributed by atoms with Crippen LogP contribution in [0.25, 0.3) is 0 Å². The van der Waals surface area contributed by atoms with Gasteiger partial charge in [-0.05, 0) is 6.07 Å². The number of ether oxygens (including phenoxy) is 1. The van der Waals surface area contributed by atoms with Gasteiger partial charge in [-0.15, -0.1) is 5.10 Å². The largest absolute Gasteiger partial charge is 0.435 e. The van der Waals surface area contributed by atoms with E-state index in [1.165, 1.54) is 24.3 Å². The number of hydrogen-bond acceptors (Lipinski definition) is 5. The van der Waals surface area contributed by atoms with Gasteiger partial charge in [0.2, 0.25) is 5.43 Å². The van der Waals surface area contributed by atoms with Crippen molar-refractivity contribution in [3.05, 3.63) is 55.8 Å². The summed E-state index contributed by atoms with van der Waals surface area (Å²) in [5.41, 5.74) is -0.664. The molecule has 0 amide bonds. The number of aromatic amines is 1. The number of non-ortho nitro benzene ring substituents is 1. The molecule has 0 radical (unpaired) electrons. The smallest absolute Gasteiger partial charge is 0.285 e. The van der Waals surface area contributed by atoms with E-state index in [4.69, 9.17) is 16.3 Å². The highest BCUT2D eigenvalue weighted by molar-refractivity contribution is 6.29. The number of benzene rings is 1. The molecule has 0 atom stereocenters. The summed E-state index contributed by atoms with van der Waals surface area (Å²) in [5.74, 6) is -0.0931. The first-order valence-corrected chi connectivity index (χ1v) is 5.11. The number of nitrogens with zero attached hydrogens (tertiary/aromatic N) is 2. The lowest BCUT2D eigenvalue weighted by Gasteiger charge is -2.02. The van der Waals surface area contributed by atoms with Crippen molar-refractivity contribution in [2.45, 2.75) is 0 Å². The number of aromatic nitrogens is 2. The molecular weight excluding hydrogens is 262 g/mol. The highest BCUT2D eigenvalue weighted by Gasteiger charge is 2.09. The number of halogens is 1. The van der Waals surface area contributed by atoms with Crippen LogP contribution in [-0.2, 0) is 0 Å². The summed E-state index contributed by atoms with van der Waals surface area (Å²) in [4.78, 5) is 21.4. The summed E-state index contributed by atoms with van der Waals surface area (Å²) >= 11 is 5.52. The van der Waals surface area contributed by atoms with Crippen LogP contribution in [-0.4, -0.2) is 15.1 Å². The summed E-state index contributed by atoms with van der Waals surface area (Å²) in [6, 6.07) is 6.52. The molecule has 1 N–H and O–H groups in total. The fourth-order valence-electron chi connectivity index (χ4n) is 1.21. The molecule has 18 heavy (non-hydrogen) atoms. The highest BCUT2D eigenvalue weighted by Crippen LogP contribution is 2.22. The van der Waals surface area contributed by atoms with Crippen molar-refractivity contribution in [3.63, 3.8) is 0 Å². The van der Waals surface area contributed by atoms with Crippen LogP contribution >= 0.6 is 11.6 Å². The Morgan fingerprint density at radius 3 is 2.83 bits per heavy atom. The first kappa shape index (κ1) is 12.1. The number of H-pyrrole nitrogens is 1. The maximum atomic E-state index is 11.4. The van der Waals surface area contributed by atoms with Gasteiger partial charge in [0.25, 0.3) is 11.6 Å². The van der Waals surface area contributed by atoms with Crippen molar-refractivity contribution in [1.29, 1.82) is 0 Å². The van der Waals surface area contributed by atoms with E-state index in [-0.39, 0.29) is 22.5 Å². The number of nitro groups is 1. The Kier molecular flexibility index (Phi) is 3.24. The Bertz CT molecular complexity index is 656. The summed E-state index contributed by atoms with van der Waals surface area (Å²) in [6.45, 7) is 0. The van der Waals surface area contributed by atoms with E-state index in [0.717, 1.165) is 6.07 Å². The number of hydrogen-bond donors (Lipinski definition) is 1. The number of rotatable bonds is 3. The summed E-state index contributed by atoms with van der Waals surface area (Å²) in [5, 5.41) is 16.6. The lowest BCUT2D eigenvalue weighted by Crippen LogP contribution is -2.07. The minimum Gasteiger partial charge on any atom is -0.435 e. The minimum atomic E-state index is -0.563. The van der Waals surface area contributed by atoms with Gasteiger partial charge in [-0.1, -0.05) is 17.7 Å². The van der Waals surface area contributed by atoms with Crippen molar-refractivity contribution >= 4 is 17.3 Å². The van der Waals surface area contributed by atoms with Crippen LogP contribution < -0.4 is 10.2 Å². The Morgan fingerprint density at radius 1 is 1.39 bits per heavy atom. The monoisotopic (exact) mass is 267 g/mol. The summed E-state index contributed by atoms with van der Waals surface area (Å²) < 4.78 is 5.14. The predicted octanol–water partition coefficient (Wildman–Crippen LogP) is 2.12. The molecule has 0 aliphatic rings. The van der Waals surface area contributed by atoms with Gasteiger partial charge in [-0.3, -0.25) is 20.0 Å². The average molecular weight is 268 g/mol. The summed E-state index contributed by atoms with van der Waals surface area (Å²) in [7, 11) is 0. The molecule has 1 aromatic heterocycles. The van der Waals surface area contributed by atoms with Gasteiger partial charge in [-0.2, -0.15) is 0 Å². The molecule has 7 nitrogen and oxygen atoms in total. The molecule has 0 spiro atoms. The highest BCUT2D eigenvalue weighted by atomic mass is 35.5. The minimum absolute atomic E-state index is 0.0754. The maximum absolute atomic E-state index is 11.4. The zero-order valence-electron chi connectivity index (χ0n) is 8.79. The topological polar surface area (TPSA) is 98.1 Å². The first-order chi connectivity index (χ1) is 8.56. The lowest BCUT2D eigenvalue weighted by atomic mass is 10.3. The van der Waals surface area contributed by atoms with Gasteiger partial charge in [0, 0.05) is 12.1 Å². The molecule has 0 saturated carbocycles. The van der Waals surface area contributed by atoms with Crippen LogP contribution in [0.4, 0.5) is 5.69 Å². The van der Waals surface area contributed by atoms with Crippen LogP contribution in [0.1, 0.15) is 0 Å². The van der Waals surface area contributed by atoms with Gasteiger partial charge >= 0.3 is 0 Å². The summed E-state index contributed by atoms with van der Waals surface area (Å²) in [6.07, 6.45) is 0. The Hall–Kier alpha value is -2.41. The predicted molar refractivity (Wildman–Crippen MR) is 63.0 cm³/mol. The molecular formula is C10H6ClN3O4. The Morgan fingerprint density at radius 2 is 2.17 bits per heavy atom. The second-order valence-corrected chi connectivity index (χ2v) is 3.65. The van der Waals surface area contributed by atoms with E-state index in [9.17, 15) is 14.9 Å². The van der Waals surface area contributed by atoms with Crippen molar-refractivity contribution in [2.24, 2.45) is 0 Å². The lowest BCUT2D eigenvalue weighted by molar-refractivity contribution is -0.384. The van der Waals surface area contributed by atoms with Crippen LogP contribution in [0.15, 0.2) is 35.1 Å². The molecule has 0 aliphatic carbocycles. The van der Waals surface area contributed by atoms with Gasteiger partial charge in [-0.25, -0.2) is 0 Å². The van der Waals surface area contributed by atoms with E-state index in [1.807, 2.05) is 0 Å². The number of nitro benzene ring substituents is 1. The molecule has 92 valence electrons. The quantitative estimate of drug-likeness (QED) is 0.678. The molecule has 0 aliphatic heterocycles. The Balaban J connectivity index is 2.31. The third-order valence-corrected chi connectivity index (χ3v) is 2.17. The van der Waals surface area contributed by atoms with E-state index < -0.39 is 10.4 Å². The Labute approximate surface area is 105 Å². The average Bonchev–Trinajstić information content (AvgIpc) is 2.33. The van der Waals surface area contributed by atoms with Gasteiger partial charge < -0.3 is 4.74 Å². The van der Waals surface area contributed by atoms with Crippen molar-refractivity contribution < 1.29 is 9.66 Å². The molecule has 0 bridgehead atoms. The maximum Gasteiger partial charge on any atom is 0.285 e. The van der Waals surface area contributed by atoms with Gasteiger partial charge in [0.15, 0.2) is 0 Å². The molecule has 8 heteroatoms. The molecule has 2 aromatic rings. The van der Waals surface area contributed by atoms with Crippen molar-refractivity contribution in [1.82, 2.24) is 10.2 Å². The van der Waals surface area contributed by atoms with Crippen LogP contribution in [0.5, 0.6) is 11.6 Å². The van der Waals surface area contributed by atoms with Crippen molar-refractivity contribution in [2.75, 3.05) is 0 Å². The second kappa shape index (κ2) is 4.84. The second-order valence-electron chi connectivity index (χ2n) is 3.24. The van der Waals surface area contributed by atoms with Gasteiger partial charge in [0.1, 0.15) is 10.9 Å². The van der Waals surface area contributed by atoms with E-state index in [2.05, 4.69) is 10.2 Å². The first-order valence-electron chi connectivity index (χ1n) is 4.74. The third-order valence-electron chi connectivity index (χ3n) is 1.98.